The summed E-state index contributed by atoms with van der Waals surface area (Å²) in [5.74, 6) is 1.07. The maximum absolute atomic E-state index is 12.5. The van der Waals surface area contributed by atoms with Crippen LogP contribution in [0.4, 0.5) is 0 Å². The van der Waals surface area contributed by atoms with Crippen LogP contribution in [0.1, 0.15) is 47.5 Å². The molecular weight excluding hydrogens is 332 g/mol. The van der Waals surface area contributed by atoms with E-state index in [0.717, 1.165) is 67.9 Å². The third kappa shape index (κ3) is 2.89. The van der Waals surface area contributed by atoms with Crippen molar-refractivity contribution >= 4 is 0 Å². The molecule has 0 bridgehead atoms. The van der Waals surface area contributed by atoms with Gasteiger partial charge in [-0.05, 0) is 32.2 Å². The summed E-state index contributed by atoms with van der Waals surface area (Å²) in [6.07, 6.45) is 6.30. The third-order valence-corrected chi connectivity index (χ3v) is 5.92. The Balaban J connectivity index is 1.34. The molecule has 1 saturated heterocycles. The Morgan fingerprint density at radius 3 is 3.15 bits per heavy atom. The topological polar surface area (TPSA) is 73.4 Å². The first-order valence-electron chi connectivity index (χ1n) is 9.66. The van der Waals surface area contributed by atoms with Gasteiger partial charge in [0.15, 0.2) is 0 Å². The molecule has 1 atom stereocenters. The lowest BCUT2D eigenvalue weighted by atomic mass is 10.1. The predicted octanol–water partition coefficient (Wildman–Crippen LogP) is 1.46. The van der Waals surface area contributed by atoms with Gasteiger partial charge >= 0.3 is 0 Å². The molecule has 138 valence electrons. The van der Waals surface area contributed by atoms with Crippen molar-refractivity contribution in [3.8, 4) is 0 Å². The summed E-state index contributed by atoms with van der Waals surface area (Å²) in [5, 5.41) is 8.93. The number of hydrogen-bond acceptors (Lipinski definition) is 6. The van der Waals surface area contributed by atoms with E-state index in [9.17, 15) is 4.79 Å². The van der Waals surface area contributed by atoms with Crippen LogP contribution >= 0.6 is 0 Å². The van der Waals surface area contributed by atoms with E-state index in [1.165, 1.54) is 12.0 Å². The van der Waals surface area contributed by atoms with Crippen LogP contribution in [0.3, 0.4) is 0 Å². The van der Waals surface area contributed by atoms with Gasteiger partial charge in [-0.15, -0.1) is 0 Å². The molecule has 2 aromatic rings. The summed E-state index contributed by atoms with van der Waals surface area (Å²) in [7, 11) is 0. The van der Waals surface area contributed by atoms with Crippen molar-refractivity contribution in [3.63, 3.8) is 0 Å². The Morgan fingerprint density at radius 2 is 2.19 bits per heavy atom. The summed E-state index contributed by atoms with van der Waals surface area (Å²) in [6, 6.07) is 2.03. The van der Waals surface area contributed by atoms with E-state index >= 15 is 0 Å². The first-order valence-corrected chi connectivity index (χ1v) is 9.66. The van der Waals surface area contributed by atoms with E-state index in [1.54, 1.807) is 10.7 Å². The zero-order valence-corrected chi connectivity index (χ0v) is 14.9. The first kappa shape index (κ1) is 16.2. The molecule has 1 unspecified atom stereocenters. The molecule has 1 fully saturated rings. The van der Waals surface area contributed by atoms with Gasteiger partial charge in [0.1, 0.15) is 11.5 Å². The summed E-state index contributed by atoms with van der Waals surface area (Å²) in [6.45, 7) is 3.69. The zero-order valence-electron chi connectivity index (χ0n) is 14.9. The van der Waals surface area contributed by atoms with Gasteiger partial charge in [0.2, 0.25) is 0 Å². The standard InChI is InChI=1S/C19H24N4O3/c24-19-9-13-12-25-8-6-16(13)20-23(19)10-14-3-2-7-22(14)11-17-15-4-1-5-18(15)26-21-17/h9,14H,1-8,10-12H2. The molecule has 1 aliphatic carbocycles. The average molecular weight is 356 g/mol. The van der Waals surface area contributed by atoms with Crippen LogP contribution in [-0.4, -0.2) is 39.0 Å². The molecule has 26 heavy (non-hydrogen) atoms. The lowest BCUT2D eigenvalue weighted by Gasteiger charge is -2.25. The second-order valence-electron chi connectivity index (χ2n) is 7.59. The second-order valence-corrected chi connectivity index (χ2v) is 7.59. The molecule has 0 spiro atoms. The predicted molar refractivity (Wildman–Crippen MR) is 93.8 cm³/mol. The Labute approximate surface area is 151 Å². The number of aromatic nitrogens is 3. The Morgan fingerprint density at radius 1 is 1.23 bits per heavy atom. The molecule has 0 aromatic carbocycles. The maximum Gasteiger partial charge on any atom is 0.267 e. The molecule has 0 saturated carbocycles. The summed E-state index contributed by atoms with van der Waals surface area (Å²) >= 11 is 0. The van der Waals surface area contributed by atoms with Gasteiger partial charge in [-0.1, -0.05) is 5.16 Å². The van der Waals surface area contributed by atoms with Gasteiger partial charge in [-0.3, -0.25) is 9.69 Å². The fourth-order valence-electron chi connectivity index (χ4n) is 4.50. The van der Waals surface area contributed by atoms with Gasteiger partial charge in [0, 0.05) is 42.6 Å². The highest BCUT2D eigenvalue weighted by Crippen LogP contribution is 2.28. The van der Waals surface area contributed by atoms with Crippen LogP contribution in [0.15, 0.2) is 15.4 Å². The van der Waals surface area contributed by atoms with E-state index in [1.807, 2.05) is 0 Å². The molecule has 3 aliphatic rings. The number of rotatable bonds is 4. The van der Waals surface area contributed by atoms with Crippen molar-refractivity contribution in [1.82, 2.24) is 19.8 Å². The van der Waals surface area contributed by atoms with E-state index in [2.05, 4.69) is 15.2 Å². The fourth-order valence-corrected chi connectivity index (χ4v) is 4.50. The van der Waals surface area contributed by atoms with Crippen molar-refractivity contribution in [2.45, 2.75) is 64.3 Å². The first-order chi connectivity index (χ1) is 12.8. The Hall–Kier alpha value is -1.99. The van der Waals surface area contributed by atoms with Crippen LogP contribution in [0.25, 0.3) is 0 Å². The third-order valence-electron chi connectivity index (χ3n) is 5.92. The van der Waals surface area contributed by atoms with Crippen LogP contribution < -0.4 is 5.56 Å². The molecule has 4 heterocycles. The van der Waals surface area contributed by atoms with E-state index in [0.29, 0.717) is 25.8 Å². The molecule has 7 heteroatoms. The Kier molecular flexibility index (Phi) is 4.13. The van der Waals surface area contributed by atoms with Gasteiger partial charge in [0.25, 0.3) is 5.56 Å². The molecule has 5 rings (SSSR count). The highest BCUT2D eigenvalue weighted by atomic mass is 16.5. The van der Waals surface area contributed by atoms with Crippen LogP contribution in [0.5, 0.6) is 0 Å². The smallest absolute Gasteiger partial charge is 0.267 e. The van der Waals surface area contributed by atoms with Crippen molar-refractivity contribution < 1.29 is 9.26 Å². The second kappa shape index (κ2) is 6.63. The molecule has 2 aliphatic heterocycles. The normalized spacial score (nSPS) is 22.5. The number of nitrogens with zero attached hydrogens (tertiary/aromatic N) is 4. The summed E-state index contributed by atoms with van der Waals surface area (Å²) in [4.78, 5) is 14.9. The monoisotopic (exact) mass is 356 g/mol. The average Bonchev–Trinajstić information content (AvgIpc) is 3.35. The van der Waals surface area contributed by atoms with Gasteiger partial charge in [-0.25, -0.2) is 4.68 Å². The SMILES string of the molecule is O=c1cc2c(nn1CC1CCCN1Cc1noc3c1CCC3)CCOC2. The van der Waals surface area contributed by atoms with Gasteiger partial charge < -0.3 is 9.26 Å². The number of ether oxygens (including phenoxy) is 1. The van der Waals surface area contributed by atoms with Gasteiger partial charge in [0.05, 0.1) is 25.5 Å². The van der Waals surface area contributed by atoms with E-state index < -0.39 is 0 Å². The summed E-state index contributed by atoms with van der Waals surface area (Å²) < 4.78 is 12.6. The van der Waals surface area contributed by atoms with Crippen LogP contribution in [-0.2, 0) is 43.7 Å². The number of likely N-dealkylation sites (tertiary alicyclic amines) is 1. The van der Waals surface area contributed by atoms with E-state index in [4.69, 9.17) is 9.26 Å². The minimum absolute atomic E-state index is 0.0246. The molecular formula is C19H24N4O3. The van der Waals surface area contributed by atoms with Gasteiger partial charge in [-0.2, -0.15) is 5.10 Å². The number of hydrogen-bond donors (Lipinski definition) is 0. The molecule has 2 aromatic heterocycles. The number of aryl methyl sites for hydroxylation is 1. The largest absolute Gasteiger partial charge is 0.376 e. The lowest BCUT2D eigenvalue weighted by molar-refractivity contribution is 0.107. The minimum atomic E-state index is -0.0246. The van der Waals surface area contributed by atoms with Crippen molar-refractivity contribution in [2.24, 2.45) is 0 Å². The molecule has 0 amide bonds. The minimum Gasteiger partial charge on any atom is -0.376 e. The highest BCUT2D eigenvalue weighted by molar-refractivity contribution is 5.27. The summed E-state index contributed by atoms with van der Waals surface area (Å²) in [5.41, 5.74) is 4.34. The van der Waals surface area contributed by atoms with E-state index in [-0.39, 0.29) is 5.56 Å². The number of fused-ring (bicyclic) bond motifs is 2. The fraction of sp³-hybridized carbons (Fsp3) is 0.632. The quantitative estimate of drug-likeness (QED) is 0.826. The van der Waals surface area contributed by atoms with Crippen molar-refractivity contribution in [1.29, 1.82) is 0 Å². The lowest BCUT2D eigenvalue weighted by Crippen LogP contribution is -2.38. The molecule has 0 radical (unpaired) electrons. The van der Waals surface area contributed by atoms with Crippen LogP contribution in [0.2, 0.25) is 0 Å². The van der Waals surface area contributed by atoms with Crippen molar-refractivity contribution in [3.05, 3.63) is 44.7 Å². The van der Waals surface area contributed by atoms with Crippen LogP contribution in [0, 0.1) is 0 Å². The molecule has 0 N–H and O–H groups in total. The molecule has 7 nitrogen and oxygen atoms in total. The Bertz CT molecular complexity index is 872. The maximum atomic E-state index is 12.5. The zero-order chi connectivity index (χ0) is 17.5. The highest BCUT2D eigenvalue weighted by Gasteiger charge is 2.29. The van der Waals surface area contributed by atoms with Crippen molar-refractivity contribution in [2.75, 3.05) is 13.2 Å².